The first-order chi connectivity index (χ1) is 13.5. The fraction of sp³-hybridized carbons (Fsp3) is 0.333. The van der Waals surface area contributed by atoms with Crippen LogP contribution in [0.3, 0.4) is 0 Å². The van der Waals surface area contributed by atoms with Crippen molar-refractivity contribution >= 4 is 17.8 Å². The lowest BCUT2D eigenvalue weighted by Crippen LogP contribution is -2.46. The Kier molecular flexibility index (Phi) is 6.37. The van der Waals surface area contributed by atoms with Gasteiger partial charge in [-0.05, 0) is 37.0 Å². The normalized spacial score (nSPS) is 14.5. The minimum Gasteiger partial charge on any atom is -0.477 e. The molecule has 2 aromatic rings. The predicted molar refractivity (Wildman–Crippen MR) is 103 cm³/mol. The molecule has 0 aliphatic carbocycles. The molecule has 0 atom stereocenters. The van der Waals surface area contributed by atoms with Crippen molar-refractivity contribution in [2.75, 3.05) is 13.1 Å². The standard InChI is InChI=1S/C21H23N3O4/c25-19(9-6-15-4-2-1-3-5-15)24-12-10-17(11-13-24)23-20(26)16-7-8-18(21(27)28)22-14-16/h1-5,7-8,14,17H,6,9-13H2,(H,23,26)(H,27,28). The second-order valence-electron chi connectivity index (χ2n) is 6.85. The Bertz CT molecular complexity index is 828. The zero-order valence-corrected chi connectivity index (χ0v) is 15.5. The topological polar surface area (TPSA) is 99.6 Å². The van der Waals surface area contributed by atoms with Gasteiger partial charge in [0.1, 0.15) is 5.69 Å². The molecule has 0 radical (unpaired) electrons. The number of nitrogens with one attached hydrogen (secondary N) is 1. The third-order valence-corrected chi connectivity index (χ3v) is 4.90. The first-order valence-electron chi connectivity index (χ1n) is 9.35. The van der Waals surface area contributed by atoms with Crippen LogP contribution in [-0.4, -0.2) is 51.9 Å². The summed E-state index contributed by atoms with van der Waals surface area (Å²) in [7, 11) is 0. The number of carbonyl (C=O) groups excluding carboxylic acids is 2. The summed E-state index contributed by atoms with van der Waals surface area (Å²) in [6.07, 6.45) is 3.88. The fourth-order valence-corrected chi connectivity index (χ4v) is 3.25. The molecule has 7 heteroatoms. The average molecular weight is 381 g/mol. The number of hydrogen-bond acceptors (Lipinski definition) is 4. The van der Waals surface area contributed by atoms with E-state index >= 15 is 0 Å². The Morgan fingerprint density at radius 3 is 2.39 bits per heavy atom. The monoisotopic (exact) mass is 381 g/mol. The number of aromatic carboxylic acids is 1. The second-order valence-corrected chi connectivity index (χ2v) is 6.85. The smallest absolute Gasteiger partial charge is 0.354 e. The molecule has 2 heterocycles. The number of aromatic nitrogens is 1. The predicted octanol–water partition coefficient (Wildman–Crippen LogP) is 2.13. The van der Waals surface area contributed by atoms with Crippen LogP contribution < -0.4 is 5.32 Å². The Morgan fingerprint density at radius 1 is 1.07 bits per heavy atom. The molecule has 1 fully saturated rings. The number of carbonyl (C=O) groups is 3. The molecule has 1 aliphatic rings. The number of benzene rings is 1. The molecule has 1 aliphatic heterocycles. The quantitative estimate of drug-likeness (QED) is 0.799. The Balaban J connectivity index is 1.43. The molecule has 3 rings (SSSR count). The molecule has 2 N–H and O–H groups in total. The van der Waals surface area contributed by atoms with Crippen LogP contribution in [0.15, 0.2) is 48.7 Å². The van der Waals surface area contributed by atoms with Gasteiger partial charge in [0, 0.05) is 31.7 Å². The summed E-state index contributed by atoms with van der Waals surface area (Å²) < 4.78 is 0. The Hall–Kier alpha value is -3.22. The highest BCUT2D eigenvalue weighted by Crippen LogP contribution is 2.14. The van der Waals surface area contributed by atoms with E-state index in [9.17, 15) is 14.4 Å². The van der Waals surface area contributed by atoms with Crippen LogP contribution >= 0.6 is 0 Å². The highest BCUT2D eigenvalue weighted by molar-refractivity contribution is 5.95. The minimum atomic E-state index is -1.13. The largest absolute Gasteiger partial charge is 0.477 e. The van der Waals surface area contributed by atoms with Gasteiger partial charge in [-0.3, -0.25) is 9.59 Å². The van der Waals surface area contributed by atoms with Gasteiger partial charge in [-0.25, -0.2) is 9.78 Å². The SMILES string of the molecule is O=C(NC1CCN(C(=O)CCc2ccccc2)CC1)c1ccc(C(=O)O)nc1. The van der Waals surface area contributed by atoms with Crippen molar-refractivity contribution in [2.45, 2.75) is 31.7 Å². The molecule has 1 saturated heterocycles. The molecule has 0 saturated carbocycles. The summed E-state index contributed by atoms with van der Waals surface area (Å²) in [4.78, 5) is 41.1. The van der Waals surface area contributed by atoms with Gasteiger partial charge >= 0.3 is 5.97 Å². The van der Waals surface area contributed by atoms with Crippen LogP contribution in [0.5, 0.6) is 0 Å². The van der Waals surface area contributed by atoms with E-state index in [2.05, 4.69) is 10.3 Å². The lowest BCUT2D eigenvalue weighted by atomic mass is 10.0. The number of amides is 2. The maximum Gasteiger partial charge on any atom is 0.354 e. The number of hydrogen-bond donors (Lipinski definition) is 2. The number of rotatable bonds is 6. The van der Waals surface area contributed by atoms with E-state index in [0.717, 1.165) is 12.0 Å². The Labute approximate surface area is 163 Å². The molecular formula is C21H23N3O4. The number of nitrogens with zero attached hydrogens (tertiary/aromatic N) is 2. The van der Waals surface area contributed by atoms with Gasteiger partial charge in [0.2, 0.25) is 5.91 Å². The average Bonchev–Trinajstić information content (AvgIpc) is 2.73. The lowest BCUT2D eigenvalue weighted by molar-refractivity contribution is -0.132. The Morgan fingerprint density at radius 2 is 1.79 bits per heavy atom. The van der Waals surface area contributed by atoms with Crippen LogP contribution in [0.1, 0.15) is 45.7 Å². The molecule has 0 unspecified atom stereocenters. The highest BCUT2D eigenvalue weighted by Gasteiger charge is 2.24. The summed E-state index contributed by atoms with van der Waals surface area (Å²) in [5.74, 6) is -1.27. The van der Waals surface area contributed by atoms with Gasteiger partial charge < -0.3 is 15.3 Å². The molecular weight excluding hydrogens is 358 g/mol. The van der Waals surface area contributed by atoms with Crippen LogP contribution in [-0.2, 0) is 11.2 Å². The molecule has 1 aromatic carbocycles. The number of carboxylic acid groups (broad SMARTS) is 1. The maximum absolute atomic E-state index is 12.4. The van der Waals surface area contributed by atoms with Crippen molar-refractivity contribution in [3.8, 4) is 0 Å². The van der Waals surface area contributed by atoms with Gasteiger partial charge in [0.15, 0.2) is 0 Å². The van der Waals surface area contributed by atoms with Crippen LogP contribution in [0, 0.1) is 0 Å². The van der Waals surface area contributed by atoms with Gasteiger partial charge in [0.05, 0.1) is 5.56 Å². The van der Waals surface area contributed by atoms with Crippen molar-refractivity contribution < 1.29 is 19.5 Å². The van der Waals surface area contributed by atoms with Crippen molar-refractivity contribution in [1.82, 2.24) is 15.2 Å². The van der Waals surface area contributed by atoms with Crippen LogP contribution in [0.4, 0.5) is 0 Å². The zero-order chi connectivity index (χ0) is 19.9. The maximum atomic E-state index is 12.4. The van der Waals surface area contributed by atoms with E-state index in [0.29, 0.717) is 37.9 Å². The number of pyridine rings is 1. The van der Waals surface area contributed by atoms with Crippen LogP contribution in [0.25, 0.3) is 0 Å². The van der Waals surface area contributed by atoms with Crippen molar-refractivity contribution in [3.05, 3.63) is 65.5 Å². The van der Waals surface area contributed by atoms with E-state index in [4.69, 9.17) is 5.11 Å². The van der Waals surface area contributed by atoms with Crippen molar-refractivity contribution in [1.29, 1.82) is 0 Å². The molecule has 7 nitrogen and oxygen atoms in total. The van der Waals surface area contributed by atoms with Gasteiger partial charge in [-0.1, -0.05) is 30.3 Å². The van der Waals surface area contributed by atoms with Crippen molar-refractivity contribution in [3.63, 3.8) is 0 Å². The van der Waals surface area contributed by atoms with Gasteiger partial charge in [0.25, 0.3) is 5.91 Å². The van der Waals surface area contributed by atoms with E-state index in [1.54, 1.807) is 0 Å². The summed E-state index contributed by atoms with van der Waals surface area (Å²) in [6, 6.07) is 12.7. The summed E-state index contributed by atoms with van der Waals surface area (Å²) in [5.41, 5.74) is 1.38. The van der Waals surface area contributed by atoms with E-state index in [1.165, 1.54) is 18.3 Å². The molecule has 0 bridgehead atoms. The molecule has 1 aromatic heterocycles. The number of carboxylic acids is 1. The summed E-state index contributed by atoms with van der Waals surface area (Å²) in [5, 5.41) is 11.8. The zero-order valence-electron chi connectivity index (χ0n) is 15.5. The van der Waals surface area contributed by atoms with E-state index in [-0.39, 0.29) is 23.6 Å². The van der Waals surface area contributed by atoms with Crippen molar-refractivity contribution in [2.24, 2.45) is 0 Å². The third kappa shape index (κ3) is 5.16. The fourth-order valence-electron chi connectivity index (χ4n) is 3.25. The number of piperidine rings is 1. The first kappa shape index (κ1) is 19.5. The van der Waals surface area contributed by atoms with E-state index in [1.807, 2.05) is 35.2 Å². The minimum absolute atomic E-state index is 0.00942. The second kappa shape index (κ2) is 9.12. The number of likely N-dealkylation sites (tertiary alicyclic amines) is 1. The lowest BCUT2D eigenvalue weighted by Gasteiger charge is -2.32. The summed E-state index contributed by atoms with van der Waals surface area (Å²) >= 11 is 0. The number of aryl methyl sites for hydroxylation is 1. The molecule has 28 heavy (non-hydrogen) atoms. The first-order valence-corrected chi connectivity index (χ1v) is 9.35. The summed E-state index contributed by atoms with van der Waals surface area (Å²) in [6.45, 7) is 1.24. The molecule has 0 spiro atoms. The van der Waals surface area contributed by atoms with Gasteiger partial charge in [-0.2, -0.15) is 0 Å². The van der Waals surface area contributed by atoms with Crippen LogP contribution in [0.2, 0.25) is 0 Å². The van der Waals surface area contributed by atoms with E-state index < -0.39 is 5.97 Å². The highest BCUT2D eigenvalue weighted by atomic mass is 16.4. The van der Waals surface area contributed by atoms with Gasteiger partial charge in [-0.15, -0.1) is 0 Å². The molecule has 146 valence electrons. The molecule has 2 amide bonds. The third-order valence-electron chi connectivity index (χ3n) is 4.90.